The molecule has 0 aromatic carbocycles. The molecule has 20 heavy (non-hydrogen) atoms. The number of aromatic nitrogens is 2. The van der Waals surface area contributed by atoms with E-state index in [0.717, 1.165) is 18.9 Å². The molecule has 1 fully saturated rings. The Kier molecular flexibility index (Phi) is 4.77. The van der Waals surface area contributed by atoms with Gasteiger partial charge in [-0.25, -0.2) is 9.97 Å². The van der Waals surface area contributed by atoms with E-state index in [4.69, 9.17) is 14.2 Å². The summed E-state index contributed by atoms with van der Waals surface area (Å²) >= 11 is 0. The molecule has 1 unspecified atom stereocenters. The predicted octanol–water partition coefficient (Wildman–Crippen LogP) is 1.51. The largest absolute Gasteiger partial charge is 0.478 e. The Hall–Kier alpha value is -1.40. The van der Waals surface area contributed by atoms with E-state index in [2.05, 4.69) is 28.7 Å². The lowest BCUT2D eigenvalue weighted by atomic mass is 10.1. The first kappa shape index (κ1) is 15.0. The van der Waals surface area contributed by atoms with Crippen molar-refractivity contribution < 1.29 is 14.2 Å². The average molecular weight is 281 g/mol. The molecule has 6 nitrogen and oxygen atoms in total. The third-order valence-corrected chi connectivity index (χ3v) is 3.08. The highest BCUT2D eigenvalue weighted by Gasteiger charge is 2.34. The molecule has 1 aromatic rings. The fraction of sp³-hybridized carbons (Fsp3) is 0.714. The van der Waals surface area contributed by atoms with E-state index in [1.807, 2.05) is 13.0 Å². The van der Waals surface area contributed by atoms with Gasteiger partial charge in [0.05, 0.1) is 24.9 Å². The first-order chi connectivity index (χ1) is 9.54. The second-order valence-corrected chi connectivity index (χ2v) is 5.48. The lowest BCUT2D eigenvalue weighted by molar-refractivity contribution is -0.106. The molecule has 2 rings (SSSR count). The van der Waals surface area contributed by atoms with Crippen LogP contribution < -0.4 is 9.64 Å². The summed E-state index contributed by atoms with van der Waals surface area (Å²) < 4.78 is 16.6. The van der Waals surface area contributed by atoms with Crippen molar-refractivity contribution in [2.24, 2.45) is 0 Å². The molecule has 1 atom stereocenters. The molecule has 0 saturated carbocycles. The maximum Gasteiger partial charge on any atom is 0.218 e. The summed E-state index contributed by atoms with van der Waals surface area (Å²) in [6.45, 7) is 8.78. The monoisotopic (exact) mass is 281 g/mol. The standard InChI is InChI=1S/C14H23N3O3/c1-5-19-13-6-12(15-10-16-13)17-7-11(8-18-4)20-14(2,3)9-17/h6,10-11H,5,7-9H2,1-4H3. The normalized spacial score (nSPS) is 21.8. The van der Waals surface area contributed by atoms with Gasteiger partial charge in [-0.15, -0.1) is 0 Å². The highest BCUT2D eigenvalue weighted by atomic mass is 16.5. The van der Waals surface area contributed by atoms with Crippen molar-refractivity contribution in [1.29, 1.82) is 0 Å². The summed E-state index contributed by atoms with van der Waals surface area (Å²) in [6.07, 6.45) is 1.57. The molecule has 6 heteroatoms. The molecule has 1 saturated heterocycles. The Labute approximate surface area is 120 Å². The summed E-state index contributed by atoms with van der Waals surface area (Å²) in [5.74, 6) is 1.46. The number of rotatable bonds is 5. The number of methoxy groups -OCH3 is 1. The molecule has 1 aliphatic rings. The molecule has 2 heterocycles. The van der Waals surface area contributed by atoms with Gasteiger partial charge in [-0.3, -0.25) is 0 Å². The molecule has 0 radical (unpaired) electrons. The van der Waals surface area contributed by atoms with Gasteiger partial charge in [0, 0.05) is 26.3 Å². The molecule has 1 aromatic heterocycles. The number of anilines is 1. The van der Waals surface area contributed by atoms with Gasteiger partial charge in [-0.2, -0.15) is 0 Å². The summed E-state index contributed by atoms with van der Waals surface area (Å²) in [4.78, 5) is 10.6. The smallest absolute Gasteiger partial charge is 0.218 e. The van der Waals surface area contributed by atoms with Crippen LogP contribution in [0, 0.1) is 0 Å². The van der Waals surface area contributed by atoms with Crippen molar-refractivity contribution in [2.45, 2.75) is 32.5 Å². The van der Waals surface area contributed by atoms with Crippen LogP contribution >= 0.6 is 0 Å². The Morgan fingerprint density at radius 1 is 1.45 bits per heavy atom. The third-order valence-electron chi connectivity index (χ3n) is 3.08. The third kappa shape index (κ3) is 3.80. The Morgan fingerprint density at radius 3 is 2.95 bits per heavy atom. The zero-order valence-electron chi connectivity index (χ0n) is 12.6. The van der Waals surface area contributed by atoms with Crippen LogP contribution in [0.2, 0.25) is 0 Å². The minimum absolute atomic E-state index is 0.0364. The number of ether oxygens (including phenoxy) is 3. The lowest BCUT2D eigenvalue weighted by Gasteiger charge is -2.43. The zero-order valence-corrected chi connectivity index (χ0v) is 12.6. The van der Waals surface area contributed by atoms with Crippen molar-refractivity contribution in [3.8, 4) is 5.88 Å². The number of hydrogen-bond acceptors (Lipinski definition) is 6. The number of nitrogens with zero attached hydrogens (tertiary/aromatic N) is 3. The van der Waals surface area contributed by atoms with Gasteiger partial charge in [-0.05, 0) is 20.8 Å². The molecule has 0 aliphatic carbocycles. The van der Waals surface area contributed by atoms with Crippen LogP contribution in [0.15, 0.2) is 12.4 Å². The second-order valence-electron chi connectivity index (χ2n) is 5.48. The van der Waals surface area contributed by atoms with Gasteiger partial charge in [0.15, 0.2) is 0 Å². The van der Waals surface area contributed by atoms with E-state index in [1.54, 1.807) is 7.11 Å². The molecule has 0 amide bonds. The van der Waals surface area contributed by atoms with E-state index in [-0.39, 0.29) is 11.7 Å². The van der Waals surface area contributed by atoms with Crippen molar-refractivity contribution in [1.82, 2.24) is 9.97 Å². The van der Waals surface area contributed by atoms with Gasteiger partial charge < -0.3 is 19.1 Å². The first-order valence-corrected chi connectivity index (χ1v) is 6.90. The molecule has 0 bridgehead atoms. The van der Waals surface area contributed by atoms with Gasteiger partial charge >= 0.3 is 0 Å². The minimum Gasteiger partial charge on any atom is -0.478 e. The van der Waals surface area contributed by atoms with Crippen molar-refractivity contribution in [2.75, 3.05) is 38.3 Å². The van der Waals surface area contributed by atoms with Gasteiger partial charge in [0.2, 0.25) is 5.88 Å². The van der Waals surface area contributed by atoms with Crippen molar-refractivity contribution in [3.63, 3.8) is 0 Å². The van der Waals surface area contributed by atoms with Crippen molar-refractivity contribution >= 4 is 5.82 Å². The zero-order chi connectivity index (χ0) is 14.6. The molecule has 0 N–H and O–H groups in total. The predicted molar refractivity (Wildman–Crippen MR) is 76.2 cm³/mol. The summed E-state index contributed by atoms with van der Waals surface area (Å²) in [5.41, 5.74) is -0.238. The van der Waals surface area contributed by atoms with Crippen LogP contribution in [0.25, 0.3) is 0 Å². The van der Waals surface area contributed by atoms with Crippen LogP contribution in [0.4, 0.5) is 5.82 Å². The average Bonchev–Trinajstić information content (AvgIpc) is 2.38. The second kappa shape index (κ2) is 6.37. The van der Waals surface area contributed by atoms with E-state index < -0.39 is 0 Å². The highest BCUT2D eigenvalue weighted by Crippen LogP contribution is 2.26. The van der Waals surface area contributed by atoms with Crippen LogP contribution in [0.5, 0.6) is 5.88 Å². The molecule has 1 aliphatic heterocycles. The van der Waals surface area contributed by atoms with Crippen molar-refractivity contribution in [3.05, 3.63) is 12.4 Å². The van der Waals surface area contributed by atoms with Gasteiger partial charge in [-0.1, -0.05) is 0 Å². The maximum atomic E-state index is 6.00. The van der Waals surface area contributed by atoms with Crippen LogP contribution in [-0.4, -0.2) is 55.1 Å². The SMILES string of the molecule is CCOc1cc(N2CC(COC)OC(C)(C)C2)ncn1. The maximum absolute atomic E-state index is 6.00. The van der Waals surface area contributed by atoms with E-state index in [9.17, 15) is 0 Å². The number of hydrogen-bond donors (Lipinski definition) is 0. The van der Waals surface area contributed by atoms with E-state index >= 15 is 0 Å². The lowest BCUT2D eigenvalue weighted by Crippen LogP contribution is -2.54. The van der Waals surface area contributed by atoms with Gasteiger partial charge in [0.25, 0.3) is 0 Å². The quantitative estimate of drug-likeness (QED) is 0.815. The molecular formula is C14H23N3O3. The molecular weight excluding hydrogens is 258 g/mol. The van der Waals surface area contributed by atoms with E-state index in [1.165, 1.54) is 6.33 Å². The molecule has 0 spiro atoms. The number of morpholine rings is 1. The summed E-state index contributed by atoms with van der Waals surface area (Å²) in [7, 11) is 1.69. The Balaban J connectivity index is 2.15. The van der Waals surface area contributed by atoms with Gasteiger partial charge in [0.1, 0.15) is 12.1 Å². The first-order valence-electron chi connectivity index (χ1n) is 6.90. The Morgan fingerprint density at radius 2 is 2.25 bits per heavy atom. The Bertz CT molecular complexity index is 439. The fourth-order valence-corrected chi connectivity index (χ4v) is 2.47. The highest BCUT2D eigenvalue weighted by molar-refractivity contribution is 5.42. The van der Waals surface area contributed by atoms with Crippen LogP contribution in [0.1, 0.15) is 20.8 Å². The van der Waals surface area contributed by atoms with Crippen LogP contribution in [-0.2, 0) is 9.47 Å². The minimum atomic E-state index is -0.238. The molecule has 112 valence electrons. The van der Waals surface area contributed by atoms with E-state index in [0.29, 0.717) is 19.1 Å². The summed E-state index contributed by atoms with van der Waals surface area (Å²) in [5, 5.41) is 0. The van der Waals surface area contributed by atoms with Crippen LogP contribution in [0.3, 0.4) is 0 Å². The summed E-state index contributed by atoms with van der Waals surface area (Å²) in [6, 6.07) is 1.87. The topological polar surface area (TPSA) is 56.7 Å². The fourth-order valence-electron chi connectivity index (χ4n) is 2.47.